The number of hydrogen-bond acceptors (Lipinski definition) is 1. The van der Waals surface area contributed by atoms with Crippen LogP contribution in [0.25, 0.3) is 0 Å². The van der Waals surface area contributed by atoms with Gasteiger partial charge in [0.25, 0.3) is 0 Å². The number of rotatable bonds is 0. The Bertz CT molecular complexity index is 19.7. The molecule has 0 heterocycles. The zero-order chi connectivity index (χ0) is 2.00. The van der Waals surface area contributed by atoms with Gasteiger partial charge in [-0.1, -0.05) is 0 Å². The third kappa shape index (κ3) is 37.3. The summed E-state index contributed by atoms with van der Waals surface area (Å²) in [6, 6.07) is 0. The molecule has 0 fully saturated rings. The SMILES string of the molecule is [Ba].[Co].[Cu].[Fe].[O]=[W].[Pb]. The Morgan fingerprint density at radius 1 is 1.14 bits per heavy atom. The first kappa shape index (κ1) is 41.8. The molecule has 0 N–H and O–H groups in total. The summed E-state index contributed by atoms with van der Waals surface area (Å²) in [6.45, 7) is 0. The fourth-order valence-corrected chi connectivity index (χ4v) is 0. The Balaban J connectivity index is -0.000000000500. The van der Waals surface area contributed by atoms with Gasteiger partial charge < -0.3 is 0 Å². The second-order valence-corrected chi connectivity index (χ2v) is 0. The van der Waals surface area contributed by atoms with E-state index in [1.54, 1.807) is 0 Å². The normalized spacial score (nSPS) is 0.571. The first-order valence-electron chi connectivity index (χ1n) is 0.167. The summed E-state index contributed by atoms with van der Waals surface area (Å²) < 4.78 is 8.33. The summed E-state index contributed by atoms with van der Waals surface area (Å²) in [4.78, 5) is 0. The summed E-state index contributed by atoms with van der Waals surface area (Å²) in [5.41, 5.74) is 0. The summed E-state index contributed by atoms with van der Waals surface area (Å²) in [5, 5.41) is 0. The van der Waals surface area contributed by atoms with Gasteiger partial charge in [-0.05, 0) is 0 Å². The Kier molecular flexibility index (Phi) is 278. The van der Waals surface area contributed by atoms with E-state index in [2.05, 4.69) is 0 Å². The van der Waals surface area contributed by atoms with E-state index < -0.39 is 0 Å². The van der Waals surface area contributed by atoms with E-state index in [4.69, 9.17) is 3.40 Å². The predicted molar refractivity (Wildman–Crippen MR) is 12.2 cm³/mol. The molecule has 0 saturated heterocycles. The molecule has 1 nitrogen and oxygen atoms in total. The quantitative estimate of drug-likeness (QED) is 0.297. The molecular formula is BaCoCuFeOPbW. The van der Waals surface area contributed by atoms with Gasteiger partial charge in [-0.3, -0.25) is 0 Å². The predicted octanol–water partition coefficient (Wildman–Crippen LogP) is -0.890. The summed E-state index contributed by atoms with van der Waals surface area (Å²) >= 11 is 0.333. The molecule has 0 rings (SSSR count). The van der Waals surface area contributed by atoms with Crippen molar-refractivity contribution in [3.8, 4) is 0 Å². The molecule has 0 aliphatic rings. The van der Waals surface area contributed by atoms with Crippen LogP contribution in [0.3, 0.4) is 0 Å². The maximum Gasteiger partial charge on any atom is 0 e. The van der Waals surface area contributed by atoms with Crippen molar-refractivity contribution in [2.75, 3.05) is 0 Å². The average Bonchev–Trinajstić information content (AvgIpc) is 1.00. The van der Waals surface area contributed by atoms with E-state index in [1.807, 2.05) is 0 Å². The summed E-state index contributed by atoms with van der Waals surface area (Å²) in [5.74, 6) is 0. The molecule has 0 aromatic carbocycles. The van der Waals surface area contributed by atoms with Gasteiger partial charge in [-0.2, -0.15) is 0 Å². The van der Waals surface area contributed by atoms with E-state index in [0.717, 1.165) is 0 Å². The van der Waals surface area contributed by atoms with Gasteiger partial charge in [-0.25, -0.2) is 0 Å². The monoisotopic (exact) mass is 724 g/mol. The topological polar surface area (TPSA) is 17.1 Å². The number of hydrogen-bond donors (Lipinski definition) is 0. The van der Waals surface area contributed by atoms with Crippen LogP contribution in [0, 0.1) is 0 Å². The van der Waals surface area contributed by atoms with Crippen LogP contribution in [0.4, 0.5) is 0 Å². The van der Waals surface area contributed by atoms with Crippen molar-refractivity contribution in [2.45, 2.75) is 0 Å². The molecule has 0 unspecified atom stereocenters. The average molecular weight is 723 g/mol. The van der Waals surface area contributed by atoms with Gasteiger partial charge in [0, 0.05) is 127 Å². The van der Waals surface area contributed by atoms with Crippen LogP contribution in [-0.2, 0) is 74.1 Å². The fraction of sp³-hybridized carbons (Fsp3) is 0. The Labute approximate surface area is 146 Å². The summed E-state index contributed by atoms with van der Waals surface area (Å²) in [7, 11) is 0. The molecule has 0 aromatic heterocycles. The molecule has 0 amide bonds. The zero-order valence-corrected chi connectivity index (χ0v) is 17.4. The van der Waals surface area contributed by atoms with Gasteiger partial charge >= 0.3 is 23.2 Å². The molecule has 0 atom stereocenters. The fourth-order valence-electron chi connectivity index (χ4n) is 0. The molecule has 0 bridgehead atoms. The molecule has 46 valence electrons. The van der Waals surface area contributed by atoms with Gasteiger partial charge in [0.2, 0.25) is 0 Å². The second-order valence-electron chi connectivity index (χ2n) is 0. The Morgan fingerprint density at radius 2 is 1.14 bits per heavy atom. The molecule has 0 spiro atoms. The molecule has 7 heavy (non-hydrogen) atoms. The molecule has 8 radical (unpaired) electrons. The van der Waals surface area contributed by atoms with Crippen molar-refractivity contribution in [3.05, 3.63) is 0 Å². The van der Waals surface area contributed by atoms with E-state index in [1.165, 1.54) is 0 Å². The van der Waals surface area contributed by atoms with E-state index in [-0.39, 0.29) is 127 Å². The minimum absolute atomic E-state index is 0. The van der Waals surface area contributed by atoms with Crippen molar-refractivity contribution >= 4 is 76.2 Å². The smallest absolute Gasteiger partial charge is 0 e. The zero-order valence-electron chi connectivity index (χ0n) is 3.01. The first-order chi connectivity index (χ1) is 1.00. The molecule has 7 heteroatoms. The van der Waals surface area contributed by atoms with Crippen molar-refractivity contribution in [1.82, 2.24) is 0 Å². The maximum atomic E-state index is 8.33. The third-order valence-corrected chi connectivity index (χ3v) is 0. The van der Waals surface area contributed by atoms with Crippen LogP contribution in [0.5, 0.6) is 0 Å². The van der Waals surface area contributed by atoms with Crippen LogP contribution < -0.4 is 0 Å². The Morgan fingerprint density at radius 3 is 1.14 bits per heavy atom. The molecule has 0 aromatic rings. The van der Waals surface area contributed by atoms with Gasteiger partial charge in [0.05, 0.1) is 0 Å². The molecule has 0 aliphatic heterocycles. The Hall–Kier alpha value is 4.53. The van der Waals surface area contributed by atoms with Crippen molar-refractivity contribution < 1.29 is 74.1 Å². The minimum atomic E-state index is 0. The largest absolute Gasteiger partial charge is 0 e. The van der Waals surface area contributed by atoms with E-state index >= 15 is 0 Å². The van der Waals surface area contributed by atoms with Crippen LogP contribution in [0.1, 0.15) is 0 Å². The standard InChI is InChI=1S/Ba.Co.Cu.Fe.O.Pb.W. The van der Waals surface area contributed by atoms with Crippen LogP contribution in [0.2, 0.25) is 0 Å². The summed E-state index contributed by atoms with van der Waals surface area (Å²) in [6.07, 6.45) is 0. The molecular weight excluding hydrogens is 723 g/mol. The third-order valence-electron chi connectivity index (χ3n) is 0. The first-order valence-corrected chi connectivity index (χ1v) is 1.36. The van der Waals surface area contributed by atoms with E-state index in [0.29, 0.717) is 19.8 Å². The van der Waals surface area contributed by atoms with Gasteiger partial charge in [-0.15, -0.1) is 0 Å². The minimum Gasteiger partial charge on any atom is 0 e. The van der Waals surface area contributed by atoms with Crippen LogP contribution in [0.15, 0.2) is 0 Å². The molecule has 0 saturated carbocycles. The second kappa shape index (κ2) is 46.6. The van der Waals surface area contributed by atoms with E-state index in [9.17, 15) is 0 Å². The molecule has 0 aliphatic carbocycles. The van der Waals surface area contributed by atoms with Crippen molar-refractivity contribution in [3.63, 3.8) is 0 Å². The van der Waals surface area contributed by atoms with Gasteiger partial charge in [0.1, 0.15) is 0 Å². The van der Waals surface area contributed by atoms with Crippen LogP contribution >= 0.6 is 0 Å². The van der Waals surface area contributed by atoms with Gasteiger partial charge in [0.15, 0.2) is 0 Å². The maximum absolute atomic E-state index is 8.33. The van der Waals surface area contributed by atoms with Crippen molar-refractivity contribution in [2.24, 2.45) is 0 Å². The van der Waals surface area contributed by atoms with Crippen molar-refractivity contribution in [1.29, 1.82) is 0 Å². The van der Waals surface area contributed by atoms with Crippen LogP contribution in [-0.4, -0.2) is 76.2 Å².